The molecule has 0 fully saturated rings. The highest BCUT2D eigenvalue weighted by Crippen LogP contribution is 2.24. The van der Waals surface area contributed by atoms with E-state index < -0.39 is 18.0 Å². The van der Waals surface area contributed by atoms with Crippen LogP contribution in [0.2, 0.25) is 0 Å². The van der Waals surface area contributed by atoms with Crippen molar-refractivity contribution in [1.82, 2.24) is 0 Å². The van der Waals surface area contributed by atoms with Crippen LogP contribution in [0, 0.1) is 0 Å². The second kappa shape index (κ2) is 8.53. The number of anilines is 1. The van der Waals surface area contributed by atoms with Gasteiger partial charge < -0.3 is 19.5 Å². The van der Waals surface area contributed by atoms with Crippen LogP contribution in [-0.2, 0) is 9.53 Å². The first-order valence-corrected chi connectivity index (χ1v) is 8.23. The predicted molar refractivity (Wildman–Crippen MR) is 97.2 cm³/mol. The van der Waals surface area contributed by atoms with Crippen LogP contribution in [0.3, 0.4) is 0 Å². The Morgan fingerprint density at radius 3 is 2.40 bits per heavy atom. The molecule has 0 radical (unpaired) electrons. The maximum absolute atomic E-state index is 12.3. The van der Waals surface area contributed by atoms with Gasteiger partial charge in [0, 0.05) is 16.2 Å². The van der Waals surface area contributed by atoms with Gasteiger partial charge in [-0.15, -0.1) is 0 Å². The minimum absolute atomic E-state index is 0.278. The molecule has 7 heteroatoms. The van der Waals surface area contributed by atoms with E-state index in [2.05, 4.69) is 21.2 Å². The van der Waals surface area contributed by atoms with Gasteiger partial charge in [0.2, 0.25) is 0 Å². The Labute approximate surface area is 154 Å². The highest BCUT2D eigenvalue weighted by atomic mass is 79.9. The van der Waals surface area contributed by atoms with Crippen molar-refractivity contribution in [1.29, 1.82) is 0 Å². The van der Waals surface area contributed by atoms with Crippen molar-refractivity contribution in [2.24, 2.45) is 0 Å². The first kappa shape index (κ1) is 18.8. The fraction of sp³-hybridized carbons (Fsp3) is 0.222. The van der Waals surface area contributed by atoms with E-state index in [0.717, 1.165) is 0 Å². The number of benzene rings is 2. The van der Waals surface area contributed by atoms with Gasteiger partial charge in [0.25, 0.3) is 5.91 Å². The molecular weight excluding hydrogens is 390 g/mol. The zero-order chi connectivity index (χ0) is 18.4. The molecule has 0 heterocycles. The van der Waals surface area contributed by atoms with Crippen LogP contribution >= 0.6 is 15.9 Å². The molecule has 0 saturated heterocycles. The summed E-state index contributed by atoms with van der Waals surface area (Å²) in [6, 6.07) is 11.8. The Morgan fingerprint density at radius 2 is 1.72 bits per heavy atom. The smallest absolute Gasteiger partial charge is 0.340 e. The first-order valence-electron chi connectivity index (χ1n) is 7.44. The van der Waals surface area contributed by atoms with Gasteiger partial charge in [-0.1, -0.05) is 6.07 Å². The van der Waals surface area contributed by atoms with Gasteiger partial charge in [-0.05, 0) is 53.2 Å². The molecule has 0 aliphatic rings. The summed E-state index contributed by atoms with van der Waals surface area (Å²) in [6.45, 7) is 1.50. The topological polar surface area (TPSA) is 73.9 Å². The van der Waals surface area contributed by atoms with Crippen molar-refractivity contribution in [3.63, 3.8) is 0 Å². The van der Waals surface area contributed by atoms with E-state index in [0.29, 0.717) is 21.7 Å². The van der Waals surface area contributed by atoms with E-state index in [4.69, 9.17) is 14.2 Å². The quantitative estimate of drug-likeness (QED) is 0.739. The van der Waals surface area contributed by atoms with Gasteiger partial charge in [0.1, 0.15) is 11.5 Å². The molecule has 0 aliphatic carbocycles. The number of amides is 1. The largest absolute Gasteiger partial charge is 0.497 e. The van der Waals surface area contributed by atoms with Crippen LogP contribution in [-0.4, -0.2) is 32.2 Å². The molecule has 0 saturated carbocycles. The Hall–Kier alpha value is -2.54. The van der Waals surface area contributed by atoms with Gasteiger partial charge in [-0.25, -0.2) is 4.79 Å². The summed E-state index contributed by atoms with van der Waals surface area (Å²) in [6.07, 6.45) is -0.975. The summed E-state index contributed by atoms with van der Waals surface area (Å²) < 4.78 is 16.0. The summed E-state index contributed by atoms with van der Waals surface area (Å²) in [5.41, 5.74) is 0.829. The van der Waals surface area contributed by atoms with E-state index in [1.54, 1.807) is 42.5 Å². The van der Waals surface area contributed by atoms with Crippen molar-refractivity contribution >= 4 is 33.5 Å². The zero-order valence-corrected chi connectivity index (χ0v) is 15.6. The normalized spacial score (nSPS) is 11.4. The van der Waals surface area contributed by atoms with Crippen LogP contribution in [0.25, 0.3) is 0 Å². The predicted octanol–water partition coefficient (Wildman–Crippen LogP) is 3.65. The van der Waals surface area contributed by atoms with Gasteiger partial charge in [-0.2, -0.15) is 0 Å². The molecule has 0 aliphatic heterocycles. The van der Waals surface area contributed by atoms with Crippen molar-refractivity contribution < 1.29 is 23.8 Å². The van der Waals surface area contributed by atoms with Gasteiger partial charge in [0.05, 0.1) is 19.8 Å². The summed E-state index contributed by atoms with van der Waals surface area (Å²) >= 11 is 3.29. The molecule has 6 nitrogen and oxygen atoms in total. The van der Waals surface area contributed by atoms with Crippen molar-refractivity contribution in [3.8, 4) is 11.5 Å². The zero-order valence-electron chi connectivity index (χ0n) is 14.0. The summed E-state index contributed by atoms with van der Waals surface area (Å²) in [5.74, 6) is 0.0612. The molecule has 0 unspecified atom stereocenters. The number of esters is 1. The Bertz CT molecular complexity index is 778. The highest BCUT2D eigenvalue weighted by Gasteiger charge is 2.21. The number of methoxy groups -OCH3 is 2. The third-order valence-corrected chi connectivity index (χ3v) is 4.08. The Kier molecular flexibility index (Phi) is 6.41. The lowest BCUT2D eigenvalue weighted by Crippen LogP contribution is -2.30. The average molecular weight is 408 g/mol. The number of hydrogen-bond donors (Lipinski definition) is 1. The lowest BCUT2D eigenvalue weighted by Gasteiger charge is -2.15. The van der Waals surface area contributed by atoms with Crippen molar-refractivity contribution in [3.05, 3.63) is 52.5 Å². The number of nitrogens with one attached hydrogen (secondary N) is 1. The molecule has 0 spiro atoms. The number of rotatable bonds is 6. The second-order valence-electron chi connectivity index (χ2n) is 5.11. The first-order chi connectivity index (χ1) is 11.9. The molecule has 0 bridgehead atoms. The molecule has 132 valence electrons. The van der Waals surface area contributed by atoms with Gasteiger partial charge in [-0.3, -0.25) is 4.79 Å². The number of hydrogen-bond acceptors (Lipinski definition) is 5. The lowest BCUT2D eigenvalue weighted by molar-refractivity contribution is -0.123. The standard InChI is InChI=1S/C18H18BrNO5/c1-11(17(21)20-12-5-4-6-13(9-12)23-2)25-18(22)15-10-14(24-3)7-8-16(15)19/h4-11H,1-3H3,(H,20,21)/t11-/m1/s1. The Balaban J connectivity index is 2.04. The van der Waals surface area contributed by atoms with Crippen LogP contribution in [0.1, 0.15) is 17.3 Å². The average Bonchev–Trinajstić information content (AvgIpc) is 2.62. The third kappa shape index (κ3) is 4.96. The molecular formula is C18H18BrNO5. The monoisotopic (exact) mass is 407 g/mol. The van der Waals surface area contributed by atoms with E-state index in [1.165, 1.54) is 21.1 Å². The minimum Gasteiger partial charge on any atom is -0.497 e. The van der Waals surface area contributed by atoms with Crippen LogP contribution in [0.4, 0.5) is 5.69 Å². The third-order valence-electron chi connectivity index (χ3n) is 3.38. The highest BCUT2D eigenvalue weighted by molar-refractivity contribution is 9.10. The number of carbonyl (C=O) groups excluding carboxylic acids is 2. The fourth-order valence-electron chi connectivity index (χ4n) is 2.01. The van der Waals surface area contributed by atoms with E-state index >= 15 is 0 Å². The van der Waals surface area contributed by atoms with Gasteiger partial charge >= 0.3 is 5.97 Å². The minimum atomic E-state index is -0.975. The maximum atomic E-state index is 12.3. The summed E-state index contributed by atoms with van der Waals surface area (Å²) in [7, 11) is 3.04. The van der Waals surface area contributed by atoms with Gasteiger partial charge in [0.15, 0.2) is 6.10 Å². The van der Waals surface area contributed by atoms with E-state index in [9.17, 15) is 9.59 Å². The van der Waals surface area contributed by atoms with Crippen LogP contribution < -0.4 is 14.8 Å². The number of ether oxygens (including phenoxy) is 3. The van der Waals surface area contributed by atoms with Crippen LogP contribution in [0.5, 0.6) is 11.5 Å². The molecule has 25 heavy (non-hydrogen) atoms. The summed E-state index contributed by atoms with van der Waals surface area (Å²) in [4.78, 5) is 24.5. The molecule has 1 amide bonds. The molecule has 1 N–H and O–H groups in total. The fourth-order valence-corrected chi connectivity index (χ4v) is 2.42. The number of carbonyl (C=O) groups is 2. The molecule has 1 atom stereocenters. The van der Waals surface area contributed by atoms with E-state index in [-0.39, 0.29) is 5.56 Å². The molecule has 2 rings (SSSR count). The summed E-state index contributed by atoms with van der Waals surface area (Å²) in [5, 5.41) is 2.68. The Morgan fingerprint density at radius 1 is 1.04 bits per heavy atom. The molecule has 2 aromatic rings. The van der Waals surface area contributed by atoms with Crippen molar-refractivity contribution in [2.75, 3.05) is 19.5 Å². The van der Waals surface area contributed by atoms with Crippen LogP contribution in [0.15, 0.2) is 46.9 Å². The maximum Gasteiger partial charge on any atom is 0.340 e. The molecule has 0 aromatic heterocycles. The SMILES string of the molecule is COc1cccc(NC(=O)[C@@H](C)OC(=O)c2cc(OC)ccc2Br)c1. The second-order valence-corrected chi connectivity index (χ2v) is 5.97. The van der Waals surface area contributed by atoms with E-state index in [1.807, 2.05) is 0 Å². The lowest BCUT2D eigenvalue weighted by atomic mass is 10.2. The van der Waals surface area contributed by atoms with Crippen molar-refractivity contribution in [2.45, 2.75) is 13.0 Å². The number of halogens is 1. The molecule has 2 aromatic carbocycles.